The van der Waals surface area contributed by atoms with Crippen molar-refractivity contribution in [3.05, 3.63) is 0 Å². The molecule has 5 heteroatoms. The van der Waals surface area contributed by atoms with Gasteiger partial charge in [-0.05, 0) is 30.1 Å². The van der Waals surface area contributed by atoms with E-state index in [-0.39, 0.29) is 66.5 Å². The molecule has 0 rings (SSSR count). The van der Waals surface area contributed by atoms with Crippen LogP contribution in [-0.4, -0.2) is 42.2 Å². The normalized spacial score (nSPS) is 12.2. The van der Waals surface area contributed by atoms with Gasteiger partial charge in [0.05, 0.1) is 12.5 Å². The van der Waals surface area contributed by atoms with E-state index in [0.717, 1.165) is 0 Å². The maximum Gasteiger partial charge on any atom is 1.00 e. The molecule has 0 aromatic carbocycles. The molecule has 0 saturated heterocycles. The molecule has 0 aromatic heterocycles. The van der Waals surface area contributed by atoms with Gasteiger partial charge < -0.3 is 11.3 Å². The average Bonchev–Trinajstić information content (AvgIpc) is 2.25. The van der Waals surface area contributed by atoms with Gasteiger partial charge in [0.15, 0.2) is 17.4 Å². The third kappa shape index (κ3) is 9.00. The Hall–Kier alpha value is 0.560. The van der Waals surface area contributed by atoms with Crippen LogP contribution in [0.5, 0.6) is 0 Å². The van der Waals surface area contributed by atoms with Crippen molar-refractivity contribution in [3.8, 4) is 0 Å². The van der Waals surface area contributed by atoms with Crippen molar-refractivity contribution in [2.24, 2.45) is 21.7 Å². The van der Waals surface area contributed by atoms with Crippen molar-refractivity contribution in [1.29, 1.82) is 0 Å². The molecule has 22 heavy (non-hydrogen) atoms. The maximum atomic E-state index is 11.3. The summed E-state index contributed by atoms with van der Waals surface area (Å²) in [6, 6.07) is 0. The smallest absolute Gasteiger partial charge is 1.00 e. The molecule has 0 amide bonds. The number of carbonyl (C=O) groups is 1. The molecule has 1 N–H and O–H groups in total. The van der Waals surface area contributed by atoms with Crippen LogP contribution in [0.2, 0.25) is 0 Å². The van der Waals surface area contributed by atoms with Crippen molar-refractivity contribution in [2.45, 2.75) is 69.2 Å². The van der Waals surface area contributed by atoms with E-state index in [2.05, 4.69) is 34.6 Å². The number of carbonyl (C=O) groups excluding carboxylic acids is 1. The van der Waals surface area contributed by atoms with E-state index < -0.39 is 5.41 Å². The molecule has 0 aliphatic rings. The Morgan fingerprint density at radius 1 is 0.909 bits per heavy atom. The Balaban J connectivity index is -0.0000000843. The third-order valence-corrected chi connectivity index (χ3v) is 5.00. The standard InChI is InChI=1S/C9H18O2.C8H18O.Al.Li.4H/c1-8(2,3)9(4,5)7(10)11-6;1-7(2,3)8(4,5)6-9;;;;;;/h1-6H3;9H,6H2,1-5H3;;;;;;/q;;;+1;;;;-1. The van der Waals surface area contributed by atoms with Crippen LogP contribution in [0.4, 0.5) is 0 Å². The van der Waals surface area contributed by atoms with Crippen LogP contribution in [0.15, 0.2) is 0 Å². The van der Waals surface area contributed by atoms with Gasteiger partial charge in [-0.15, -0.1) is 0 Å². The van der Waals surface area contributed by atoms with E-state index in [1.165, 1.54) is 7.11 Å². The zero-order valence-corrected chi connectivity index (χ0v) is 16.5. The summed E-state index contributed by atoms with van der Waals surface area (Å²) in [6.07, 6.45) is 0. The van der Waals surface area contributed by atoms with E-state index in [1.807, 2.05) is 34.6 Å². The Kier molecular flexibility index (Phi) is 14.4. The molecule has 0 aliphatic carbocycles. The van der Waals surface area contributed by atoms with Crippen molar-refractivity contribution < 1.29 is 34.9 Å². The molecular weight excluding hydrogens is 286 g/mol. The molecule has 0 heterocycles. The molecule has 0 aliphatic heterocycles. The van der Waals surface area contributed by atoms with Crippen molar-refractivity contribution in [3.63, 3.8) is 0 Å². The summed E-state index contributed by atoms with van der Waals surface area (Å²) < 4.78 is 4.70. The Morgan fingerprint density at radius 2 is 1.23 bits per heavy atom. The second-order valence-corrected chi connectivity index (χ2v) is 8.66. The summed E-state index contributed by atoms with van der Waals surface area (Å²) in [7, 11) is 1.43. The van der Waals surface area contributed by atoms with Crippen LogP contribution < -0.4 is 18.9 Å². The van der Waals surface area contributed by atoms with Gasteiger partial charge >= 0.3 is 24.8 Å². The number of methoxy groups -OCH3 is 1. The molecule has 0 aromatic rings. The third-order valence-electron chi connectivity index (χ3n) is 5.00. The number of rotatable bonds is 2. The molecular formula is C17H40AlLiO3. The van der Waals surface area contributed by atoms with Crippen LogP contribution in [0.25, 0.3) is 0 Å². The zero-order valence-electron chi connectivity index (χ0n) is 17.5. The molecule has 0 bridgehead atoms. The first-order valence-electron chi connectivity index (χ1n) is 7.24. The molecule has 0 atom stereocenters. The number of esters is 1. The number of aliphatic hydroxyl groups is 1. The van der Waals surface area contributed by atoms with Crippen LogP contribution in [0.1, 0.15) is 70.7 Å². The second kappa shape index (κ2) is 10.4. The first-order valence-corrected chi connectivity index (χ1v) is 7.24. The molecule has 0 radical (unpaired) electrons. The molecule has 0 saturated carbocycles. The summed E-state index contributed by atoms with van der Waals surface area (Å²) in [5.41, 5.74) is -0.239. The average molecular weight is 326 g/mol. The van der Waals surface area contributed by atoms with E-state index in [1.54, 1.807) is 0 Å². The van der Waals surface area contributed by atoms with Gasteiger partial charge in [-0.3, -0.25) is 4.79 Å². The van der Waals surface area contributed by atoms with Crippen molar-refractivity contribution >= 4 is 23.3 Å². The first kappa shape index (κ1) is 30.4. The SMILES string of the molecule is CC(C)(C)C(C)(C)CO.COC(=O)C(C)(C)C(C)(C)C.[AlH3].[H-].[Li+]. The molecule has 130 valence electrons. The minimum atomic E-state index is -0.415. The number of aliphatic hydroxyl groups excluding tert-OH is 1. The number of ether oxygens (including phenoxy) is 1. The second-order valence-electron chi connectivity index (χ2n) is 8.66. The molecule has 0 spiro atoms. The fourth-order valence-electron chi connectivity index (χ4n) is 0.799. The topological polar surface area (TPSA) is 46.5 Å². The van der Waals surface area contributed by atoms with Gasteiger partial charge in [-0.2, -0.15) is 0 Å². The van der Waals surface area contributed by atoms with Gasteiger partial charge in [0.2, 0.25) is 0 Å². The quantitative estimate of drug-likeness (QED) is 0.583. The zero-order chi connectivity index (χ0) is 17.0. The fourth-order valence-corrected chi connectivity index (χ4v) is 0.799. The van der Waals surface area contributed by atoms with Gasteiger partial charge in [0, 0.05) is 6.61 Å². The minimum absolute atomic E-state index is 0. The van der Waals surface area contributed by atoms with Gasteiger partial charge in [-0.25, -0.2) is 0 Å². The Labute approximate surface area is 162 Å². The van der Waals surface area contributed by atoms with E-state index in [0.29, 0.717) is 0 Å². The van der Waals surface area contributed by atoms with E-state index in [9.17, 15) is 4.79 Å². The molecule has 0 unspecified atom stereocenters. The summed E-state index contributed by atoms with van der Waals surface area (Å²) in [4.78, 5) is 11.3. The monoisotopic (exact) mass is 326 g/mol. The number of hydrogen-bond donors (Lipinski definition) is 1. The van der Waals surface area contributed by atoms with Gasteiger partial charge in [0.1, 0.15) is 0 Å². The van der Waals surface area contributed by atoms with Crippen LogP contribution in [0, 0.1) is 21.7 Å². The molecule has 0 fully saturated rings. The van der Waals surface area contributed by atoms with E-state index >= 15 is 0 Å². The van der Waals surface area contributed by atoms with Crippen LogP contribution in [-0.2, 0) is 9.53 Å². The van der Waals surface area contributed by atoms with Gasteiger partial charge in [-0.1, -0.05) is 55.4 Å². The first-order chi connectivity index (χ1) is 8.54. The predicted octanol–water partition coefficient (Wildman–Crippen LogP) is 0.215. The molecule has 3 nitrogen and oxygen atoms in total. The largest absolute Gasteiger partial charge is 1.00 e. The summed E-state index contributed by atoms with van der Waals surface area (Å²) in [5, 5.41) is 8.93. The minimum Gasteiger partial charge on any atom is -1.00 e. The van der Waals surface area contributed by atoms with Crippen molar-refractivity contribution in [1.82, 2.24) is 0 Å². The maximum absolute atomic E-state index is 11.3. The Morgan fingerprint density at radius 3 is 1.27 bits per heavy atom. The predicted molar refractivity (Wildman–Crippen MR) is 96.6 cm³/mol. The number of hydrogen-bond acceptors (Lipinski definition) is 3. The van der Waals surface area contributed by atoms with Crippen LogP contribution in [0.3, 0.4) is 0 Å². The van der Waals surface area contributed by atoms with Gasteiger partial charge in [0.25, 0.3) is 0 Å². The Bertz CT molecular complexity index is 319. The fraction of sp³-hybridized carbons (Fsp3) is 0.941. The van der Waals surface area contributed by atoms with Crippen LogP contribution >= 0.6 is 0 Å². The van der Waals surface area contributed by atoms with E-state index in [4.69, 9.17) is 9.84 Å². The summed E-state index contributed by atoms with van der Waals surface area (Å²) in [6.45, 7) is 20.7. The van der Waals surface area contributed by atoms with Crippen molar-refractivity contribution in [2.75, 3.05) is 13.7 Å². The summed E-state index contributed by atoms with van der Waals surface area (Å²) >= 11 is 0. The summed E-state index contributed by atoms with van der Waals surface area (Å²) in [5.74, 6) is -0.148.